The number of furan rings is 1. The summed E-state index contributed by atoms with van der Waals surface area (Å²) in [7, 11) is 0. The van der Waals surface area contributed by atoms with Crippen LogP contribution in [0, 0.1) is 17.2 Å². The number of alkyl halides is 3. The van der Waals surface area contributed by atoms with Crippen LogP contribution in [0.5, 0.6) is 0 Å². The van der Waals surface area contributed by atoms with E-state index in [9.17, 15) is 28.0 Å². The SMILES string of the molecule is CSc1ccc(-c2ccc3c(C(F)(F)F)c(C(=O)NC(CC(C)C)C(=O)NC4(C#N)CC4)oc3c2)cc1. The van der Waals surface area contributed by atoms with Gasteiger partial charge in [0.05, 0.1) is 6.07 Å². The molecule has 2 N–H and O–H groups in total. The Morgan fingerprint density at radius 2 is 1.78 bits per heavy atom. The van der Waals surface area contributed by atoms with Gasteiger partial charge in [0.15, 0.2) is 0 Å². The molecule has 1 atom stereocenters. The second-order valence-corrected chi connectivity index (χ2v) is 10.5. The number of thioether (sulfide) groups is 1. The van der Waals surface area contributed by atoms with Gasteiger partial charge < -0.3 is 15.1 Å². The number of amides is 2. The maximum absolute atomic E-state index is 14.1. The van der Waals surface area contributed by atoms with Gasteiger partial charge in [-0.2, -0.15) is 18.4 Å². The number of nitriles is 1. The highest BCUT2D eigenvalue weighted by atomic mass is 32.2. The van der Waals surface area contributed by atoms with Crippen molar-refractivity contribution in [3.63, 3.8) is 0 Å². The number of hydrogen-bond donors (Lipinski definition) is 2. The van der Waals surface area contributed by atoms with Crippen LogP contribution >= 0.6 is 11.8 Å². The van der Waals surface area contributed by atoms with E-state index in [1.54, 1.807) is 17.8 Å². The van der Waals surface area contributed by atoms with E-state index in [0.717, 1.165) is 10.5 Å². The second-order valence-electron chi connectivity index (χ2n) is 9.58. The molecule has 0 radical (unpaired) electrons. The molecule has 1 aliphatic carbocycles. The first-order valence-electron chi connectivity index (χ1n) is 11.8. The van der Waals surface area contributed by atoms with Crippen molar-refractivity contribution in [2.75, 3.05) is 6.26 Å². The number of halogens is 3. The molecule has 1 aromatic heterocycles. The fourth-order valence-electron chi connectivity index (χ4n) is 4.14. The van der Waals surface area contributed by atoms with Gasteiger partial charge in [0.25, 0.3) is 5.91 Å². The molecule has 37 heavy (non-hydrogen) atoms. The average molecular weight is 530 g/mol. The standard InChI is InChI=1S/C27H26F3N3O3S/c1-15(2)12-20(24(34)33-26(14-31)10-11-26)32-25(35)23-22(27(28,29)30)19-9-6-17(13-21(19)36-23)16-4-7-18(37-3)8-5-16/h4-9,13,15,20H,10-12H2,1-3H3,(H,32,35)(H,33,34). The summed E-state index contributed by atoms with van der Waals surface area (Å²) in [4.78, 5) is 27.0. The Bertz CT molecular complexity index is 1370. The highest BCUT2D eigenvalue weighted by Crippen LogP contribution is 2.41. The van der Waals surface area contributed by atoms with Gasteiger partial charge in [0, 0.05) is 10.3 Å². The molecule has 1 saturated carbocycles. The summed E-state index contributed by atoms with van der Waals surface area (Å²) in [5.41, 5.74) is -0.828. The van der Waals surface area contributed by atoms with Crippen molar-refractivity contribution in [3.05, 3.63) is 53.8 Å². The van der Waals surface area contributed by atoms with Crippen molar-refractivity contribution in [2.45, 2.75) is 55.8 Å². The molecule has 1 aliphatic rings. The summed E-state index contributed by atoms with van der Waals surface area (Å²) in [5, 5.41) is 14.1. The lowest BCUT2D eigenvalue weighted by atomic mass is 10.0. The van der Waals surface area contributed by atoms with Crippen molar-refractivity contribution >= 4 is 34.5 Å². The lowest BCUT2D eigenvalue weighted by molar-refractivity contribution is -0.137. The molecule has 194 valence electrons. The molecule has 6 nitrogen and oxygen atoms in total. The zero-order chi connectivity index (χ0) is 27.0. The van der Waals surface area contributed by atoms with Crippen molar-refractivity contribution in [2.24, 2.45) is 5.92 Å². The normalized spacial score (nSPS) is 15.3. The van der Waals surface area contributed by atoms with Crippen LogP contribution in [-0.2, 0) is 11.0 Å². The van der Waals surface area contributed by atoms with E-state index >= 15 is 0 Å². The summed E-state index contributed by atoms with van der Waals surface area (Å²) in [6.45, 7) is 3.64. The molecule has 1 unspecified atom stereocenters. The number of nitrogens with one attached hydrogen (secondary N) is 2. The minimum atomic E-state index is -4.87. The van der Waals surface area contributed by atoms with Gasteiger partial charge >= 0.3 is 6.18 Å². The van der Waals surface area contributed by atoms with Crippen molar-refractivity contribution in [3.8, 4) is 17.2 Å². The van der Waals surface area contributed by atoms with E-state index in [2.05, 4.69) is 10.6 Å². The van der Waals surface area contributed by atoms with Gasteiger partial charge in [-0.3, -0.25) is 9.59 Å². The smallest absolute Gasteiger partial charge is 0.420 e. The van der Waals surface area contributed by atoms with Gasteiger partial charge in [0.1, 0.15) is 22.7 Å². The highest BCUT2D eigenvalue weighted by molar-refractivity contribution is 7.98. The van der Waals surface area contributed by atoms with Crippen LogP contribution in [0.1, 0.15) is 49.2 Å². The minimum Gasteiger partial charge on any atom is -0.450 e. The van der Waals surface area contributed by atoms with Crippen molar-refractivity contribution < 1.29 is 27.2 Å². The zero-order valence-electron chi connectivity index (χ0n) is 20.5. The predicted octanol–water partition coefficient (Wildman–Crippen LogP) is 6.16. The van der Waals surface area contributed by atoms with Crippen LogP contribution < -0.4 is 10.6 Å². The molecule has 4 rings (SSSR count). The number of rotatable bonds is 8. The Hall–Kier alpha value is -3.45. The van der Waals surface area contributed by atoms with Crippen molar-refractivity contribution in [1.29, 1.82) is 5.26 Å². The molecule has 2 amide bonds. The molecule has 0 aliphatic heterocycles. The fraction of sp³-hybridized carbons (Fsp3) is 0.370. The van der Waals surface area contributed by atoms with Gasteiger partial charge in [-0.05, 0) is 66.8 Å². The molecular formula is C27H26F3N3O3S. The fourth-order valence-corrected chi connectivity index (χ4v) is 4.55. The molecule has 1 fully saturated rings. The maximum Gasteiger partial charge on any atom is 0.420 e. The summed E-state index contributed by atoms with van der Waals surface area (Å²) >= 11 is 1.57. The van der Waals surface area contributed by atoms with Crippen LogP contribution in [-0.4, -0.2) is 29.7 Å². The molecule has 3 aromatic rings. The molecule has 0 spiro atoms. The van der Waals surface area contributed by atoms with Gasteiger partial charge in [0.2, 0.25) is 11.7 Å². The van der Waals surface area contributed by atoms with E-state index in [1.165, 1.54) is 12.1 Å². The van der Waals surface area contributed by atoms with E-state index in [4.69, 9.17) is 4.42 Å². The molecule has 0 saturated heterocycles. The summed E-state index contributed by atoms with van der Waals surface area (Å²) in [6, 6.07) is 12.7. The largest absolute Gasteiger partial charge is 0.450 e. The number of fused-ring (bicyclic) bond motifs is 1. The molecule has 10 heteroatoms. The first kappa shape index (κ1) is 26.6. The Labute approximate surface area is 216 Å². The number of benzene rings is 2. The first-order valence-corrected chi connectivity index (χ1v) is 13.0. The summed E-state index contributed by atoms with van der Waals surface area (Å²) < 4.78 is 47.8. The third kappa shape index (κ3) is 5.77. The Morgan fingerprint density at radius 3 is 2.32 bits per heavy atom. The predicted molar refractivity (Wildman–Crippen MR) is 135 cm³/mol. The van der Waals surface area contributed by atoms with Crippen LogP contribution in [0.3, 0.4) is 0 Å². The number of carbonyl (C=O) groups excluding carboxylic acids is 2. The van der Waals surface area contributed by atoms with E-state index < -0.39 is 40.9 Å². The average Bonchev–Trinajstić information content (AvgIpc) is 3.51. The van der Waals surface area contributed by atoms with Crippen LogP contribution in [0.25, 0.3) is 22.1 Å². The third-order valence-corrected chi connectivity index (χ3v) is 7.00. The quantitative estimate of drug-likeness (QED) is 0.341. The monoisotopic (exact) mass is 529 g/mol. The summed E-state index contributed by atoms with van der Waals surface area (Å²) in [6.07, 6.45) is -1.77. The molecular weight excluding hydrogens is 503 g/mol. The van der Waals surface area contributed by atoms with Crippen molar-refractivity contribution in [1.82, 2.24) is 10.6 Å². The van der Waals surface area contributed by atoms with Gasteiger partial charge in [-0.25, -0.2) is 0 Å². The van der Waals surface area contributed by atoms with E-state index in [-0.39, 0.29) is 23.3 Å². The lowest BCUT2D eigenvalue weighted by Gasteiger charge is -2.21. The Morgan fingerprint density at radius 1 is 1.14 bits per heavy atom. The molecule has 0 bridgehead atoms. The minimum absolute atomic E-state index is 0.0499. The van der Waals surface area contributed by atoms with E-state index in [0.29, 0.717) is 18.4 Å². The maximum atomic E-state index is 14.1. The lowest BCUT2D eigenvalue weighted by Crippen LogP contribution is -2.50. The second kappa shape index (κ2) is 10.1. The first-order chi connectivity index (χ1) is 17.5. The van der Waals surface area contributed by atoms with Gasteiger partial charge in [-0.15, -0.1) is 11.8 Å². The van der Waals surface area contributed by atoms with Gasteiger partial charge in [-0.1, -0.05) is 32.0 Å². The van der Waals surface area contributed by atoms with E-state index in [1.807, 2.05) is 50.4 Å². The molecule has 1 heterocycles. The number of hydrogen-bond acceptors (Lipinski definition) is 5. The third-order valence-electron chi connectivity index (χ3n) is 6.26. The Balaban J connectivity index is 1.68. The topological polar surface area (TPSA) is 95.1 Å². The summed E-state index contributed by atoms with van der Waals surface area (Å²) in [5.74, 6) is -2.70. The number of nitrogens with zero attached hydrogens (tertiary/aromatic N) is 1. The zero-order valence-corrected chi connectivity index (χ0v) is 21.3. The van der Waals surface area contributed by atoms with Crippen LogP contribution in [0.15, 0.2) is 51.8 Å². The molecule has 2 aromatic carbocycles. The van der Waals surface area contributed by atoms with Crippen LogP contribution in [0.4, 0.5) is 13.2 Å². The van der Waals surface area contributed by atoms with Crippen LogP contribution in [0.2, 0.25) is 0 Å². The highest BCUT2D eigenvalue weighted by Gasteiger charge is 2.46. The number of carbonyl (C=O) groups is 2. The Kier molecular flexibility index (Phi) is 7.29.